The van der Waals surface area contributed by atoms with Gasteiger partial charge in [0.15, 0.2) is 5.82 Å². The van der Waals surface area contributed by atoms with Crippen LogP contribution in [0.25, 0.3) is 0 Å². The van der Waals surface area contributed by atoms with E-state index in [1.165, 1.54) is 5.56 Å². The van der Waals surface area contributed by atoms with Crippen LogP contribution in [0.2, 0.25) is 0 Å². The van der Waals surface area contributed by atoms with E-state index < -0.39 is 0 Å². The van der Waals surface area contributed by atoms with Crippen LogP contribution >= 0.6 is 0 Å². The molecule has 3 rings (SSSR count). The molecule has 2 aromatic heterocycles. The fraction of sp³-hybridized carbons (Fsp3) is 0.571. The third-order valence-corrected chi connectivity index (χ3v) is 3.73. The van der Waals surface area contributed by atoms with Crippen LogP contribution < -0.4 is 4.90 Å². The number of H-pyrrole nitrogens is 1. The molecule has 0 bridgehead atoms. The number of rotatable bonds is 4. The normalized spacial score (nSPS) is 15.0. The lowest BCUT2D eigenvalue weighted by Crippen LogP contribution is -2.31. The monoisotopic (exact) mass is 287 g/mol. The van der Waals surface area contributed by atoms with E-state index in [-0.39, 0.29) is 0 Å². The van der Waals surface area contributed by atoms with Gasteiger partial charge in [-0.05, 0) is 11.6 Å². The van der Waals surface area contributed by atoms with Crippen molar-refractivity contribution in [2.45, 2.75) is 32.9 Å². The molecule has 0 saturated carbocycles. The number of hydrogen-bond donors (Lipinski definition) is 1. The van der Waals surface area contributed by atoms with Gasteiger partial charge in [-0.25, -0.2) is 4.98 Å². The summed E-state index contributed by atoms with van der Waals surface area (Å²) in [7, 11) is 3.97. The third kappa shape index (κ3) is 3.02. The second-order valence-electron chi connectivity index (χ2n) is 5.58. The molecular weight excluding hydrogens is 266 g/mol. The second kappa shape index (κ2) is 5.77. The Hall–Kier alpha value is -2.02. The minimum atomic E-state index is 0.798. The molecule has 1 aliphatic rings. The van der Waals surface area contributed by atoms with Crippen molar-refractivity contribution in [3.8, 4) is 0 Å². The highest BCUT2D eigenvalue weighted by molar-refractivity contribution is 5.40. The van der Waals surface area contributed by atoms with Crippen LogP contribution in [-0.4, -0.2) is 50.9 Å². The van der Waals surface area contributed by atoms with Crippen molar-refractivity contribution in [1.29, 1.82) is 0 Å². The first-order valence-electron chi connectivity index (χ1n) is 7.31. The Kier molecular flexibility index (Phi) is 3.83. The summed E-state index contributed by atoms with van der Waals surface area (Å²) in [6.07, 6.45) is 1.80. The second-order valence-corrected chi connectivity index (χ2v) is 5.58. The Bertz CT molecular complexity index is 620. The Morgan fingerprint density at radius 2 is 2.19 bits per heavy atom. The number of anilines is 1. The van der Waals surface area contributed by atoms with Crippen LogP contribution in [0.1, 0.15) is 29.8 Å². The summed E-state index contributed by atoms with van der Waals surface area (Å²) in [5.41, 5.74) is 2.37. The summed E-state index contributed by atoms with van der Waals surface area (Å²) in [5.74, 6) is 2.72. The fourth-order valence-electron chi connectivity index (χ4n) is 2.50. The van der Waals surface area contributed by atoms with E-state index in [4.69, 9.17) is 0 Å². The Balaban J connectivity index is 1.72. The third-order valence-electron chi connectivity index (χ3n) is 3.73. The van der Waals surface area contributed by atoms with Crippen molar-refractivity contribution < 1.29 is 0 Å². The van der Waals surface area contributed by atoms with Gasteiger partial charge >= 0.3 is 0 Å². The summed E-state index contributed by atoms with van der Waals surface area (Å²) >= 11 is 0. The molecule has 0 saturated heterocycles. The first-order chi connectivity index (χ1) is 10.2. The van der Waals surface area contributed by atoms with Crippen LogP contribution in [0.5, 0.6) is 0 Å². The summed E-state index contributed by atoms with van der Waals surface area (Å²) in [5, 5.41) is 15.8. The molecule has 1 aliphatic heterocycles. The SMILES string of the molecule is CCc1n[nH]c(CN2CCc3nnc(N(C)C)cc3C2)n1. The highest BCUT2D eigenvalue weighted by Crippen LogP contribution is 2.20. The number of aromatic amines is 1. The highest BCUT2D eigenvalue weighted by atomic mass is 15.3. The summed E-state index contributed by atoms with van der Waals surface area (Å²) in [4.78, 5) is 8.83. The predicted molar refractivity (Wildman–Crippen MR) is 79.9 cm³/mol. The maximum absolute atomic E-state index is 4.48. The minimum Gasteiger partial charge on any atom is -0.361 e. The van der Waals surface area contributed by atoms with Gasteiger partial charge in [0.1, 0.15) is 11.6 Å². The number of fused-ring (bicyclic) bond motifs is 1. The number of nitrogens with zero attached hydrogens (tertiary/aromatic N) is 6. The van der Waals surface area contributed by atoms with E-state index >= 15 is 0 Å². The quantitative estimate of drug-likeness (QED) is 0.896. The van der Waals surface area contributed by atoms with E-state index in [1.807, 2.05) is 19.0 Å². The van der Waals surface area contributed by atoms with Crippen molar-refractivity contribution in [2.24, 2.45) is 0 Å². The predicted octanol–water partition coefficient (Wildman–Crippen LogP) is 0.781. The summed E-state index contributed by atoms with van der Waals surface area (Å²) < 4.78 is 0. The molecule has 0 radical (unpaired) electrons. The number of hydrogen-bond acceptors (Lipinski definition) is 6. The molecule has 0 unspecified atom stereocenters. The van der Waals surface area contributed by atoms with E-state index in [2.05, 4.69) is 43.3 Å². The largest absolute Gasteiger partial charge is 0.361 e. The lowest BCUT2D eigenvalue weighted by molar-refractivity contribution is 0.237. The molecule has 0 fully saturated rings. The molecule has 0 amide bonds. The van der Waals surface area contributed by atoms with E-state index in [1.54, 1.807) is 0 Å². The topological polar surface area (TPSA) is 73.8 Å². The minimum absolute atomic E-state index is 0.798. The smallest absolute Gasteiger partial charge is 0.151 e. The molecule has 7 nitrogen and oxygen atoms in total. The van der Waals surface area contributed by atoms with E-state index in [9.17, 15) is 0 Å². The zero-order valence-corrected chi connectivity index (χ0v) is 12.8. The average Bonchev–Trinajstić information content (AvgIpc) is 2.94. The van der Waals surface area contributed by atoms with E-state index in [0.717, 1.165) is 55.6 Å². The van der Waals surface area contributed by atoms with Crippen LogP contribution in [0, 0.1) is 0 Å². The number of nitrogens with one attached hydrogen (secondary N) is 1. The van der Waals surface area contributed by atoms with Crippen molar-refractivity contribution in [3.63, 3.8) is 0 Å². The van der Waals surface area contributed by atoms with Crippen molar-refractivity contribution in [3.05, 3.63) is 29.0 Å². The lowest BCUT2D eigenvalue weighted by atomic mass is 10.1. The van der Waals surface area contributed by atoms with Crippen molar-refractivity contribution >= 4 is 5.82 Å². The molecule has 1 N–H and O–H groups in total. The van der Waals surface area contributed by atoms with Gasteiger partial charge in [0.25, 0.3) is 0 Å². The Labute approximate surface area is 124 Å². The van der Waals surface area contributed by atoms with Crippen molar-refractivity contribution in [1.82, 2.24) is 30.3 Å². The van der Waals surface area contributed by atoms with Crippen molar-refractivity contribution in [2.75, 3.05) is 25.5 Å². The first kappa shape index (κ1) is 13.9. The highest BCUT2D eigenvalue weighted by Gasteiger charge is 2.20. The van der Waals surface area contributed by atoms with Crippen LogP contribution in [0.3, 0.4) is 0 Å². The Morgan fingerprint density at radius 1 is 1.33 bits per heavy atom. The zero-order chi connectivity index (χ0) is 14.8. The first-order valence-corrected chi connectivity index (χ1v) is 7.31. The van der Waals surface area contributed by atoms with Gasteiger partial charge in [0.2, 0.25) is 0 Å². The molecule has 7 heteroatoms. The van der Waals surface area contributed by atoms with Gasteiger partial charge in [0, 0.05) is 40.0 Å². The van der Waals surface area contributed by atoms with Gasteiger partial charge < -0.3 is 4.90 Å². The van der Waals surface area contributed by atoms with Gasteiger partial charge in [-0.2, -0.15) is 10.2 Å². The van der Waals surface area contributed by atoms with Crippen LogP contribution in [0.15, 0.2) is 6.07 Å². The maximum Gasteiger partial charge on any atom is 0.151 e. The molecule has 0 spiro atoms. The van der Waals surface area contributed by atoms with Gasteiger partial charge in [-0.3, -0.25) is 10.00 Å². The molecule has 112 valence electrons. The van der Waals surface area contributed by atoms with Gasteiger partial charge in [-0.1, -0.05) is 6.92 Å². The fourth-order valence-corrected chi connectivity index (χ4v) is 2.50. The molecule has 0 atom stereocenters. The average molecular weight is 287 g/mol. The maximum atomic E-state index is 4.48. The number of aryl methyl sites for hydroxylation is 1. The summed E-state index contributed by atoms with van der Waals surface area (Å²) in [6.45, 7) is 4.72. The number of aromatic nitrogens is 5. The molecule has 2 aromatic rings. The zero-order valence-electron chi connectivity index (χ0n) is 12.8. The standard InChI is InChI=1S/C14H21N7/c1-4-12-15-13(18-17-12)9-21-6-5-11-10(8-21)7-14(19-16-11)20(2)3/h7H,4-6,8-9H2,1-3H3,(H,15,17,18). The van der Waals surface area contributed by atoms with Gasteiger partial charge in [-0.15, -0.1) is 5.10 Å². The van der Waals surface area contributed by atoms with Crippen LogP contribution in [0.4, 0.5) is 5.82 Å². The molecule has 21 heavy (non-hydrogen) atoms. The molecular formula is C14H21N7. The van der Waals surface area contributed by atoms with Crippen LogP contribution in [-0.2, 0) is 25.9 Å². The molecule has 3 heterocycles. The summed E-state index contributed by atoms with van der Waals surface area (Å²) in [6, 6.07) is 2.13. The lowest BCUT2D eigenvalue weighted by Gasteiger charge is -2.27. The molecule has 0 aliphatic carbocycles. The van der Waals surface area contributed by atoms with Gasteiger partial charge in [0.05, 0.1) is 12.2 Å². The molecule has 0 aromatic carbocycles. The Morgan fingerprint density at radius 3 is 2.90 bits per heavy atom. The van der Waals surface area contributed by atoms with E-state index in [0.29, 0.717) is 0 Å².